The highest BCUT2D eigenvalue weighted by Gasteiger charge is 2.12. The van der Waals surface area contributed by atoms with Crippen LogP contribution in [0.5, 0.6) is 0 Å². The van der Waals surface area contributed by atoms with E-state index in [-0.39, 0.29) is 17.1 Å². The maximum Gasteiger partial charge on any atom is 0.197 e. The molecule has 15 heavy (non-hydrogen) atoms. The molecule has 1 aromatic heterocycles. The number of hydrogen-bond donors (Lipinski definition) is 0. The molecule has 0 radical (unpaired) electrons. The zero-order valence-electron chi connectivity index (χ0n) is 8.01. The molecule has 0 amide bonds. The number of carbonyl (C=O) groups excluding carboxylic acids is 1. The van der Waals surface area contributed by atoms with Crippen molar-refractivity contribution in [2.24, 2.45) is 0 Å². The van der Waals surface area contributed by atoms with Gasteiger partial charge >= 0.3 is 0 Å². The number of hydrogen-bond acceptors (Lipinski definition) is 2. The molecule has 0 spiro atoms. The first-order valence-corrected chi connectivity index (χ1v) is 4.53. The van der Waals surface area contributed by atoms with E-state index in [1.165, 1.54) is 6.07 Å². The molecular formula is C11H8F2O2. The zero-order valence-corrected chi connectivity index (χ0v) is 8.01. The summed E-state index contributed by atoms with van der Waals surface area (Å²) in [7, 11) is 0. The van der Waals surface area contributed by atoms with Crippen molar-refractivity contribution < 1.29 is 18.0 Å². The molecule has 0 saturated heterocycles. The Morgan fingerprint density at radius 1 is 1.27 bits per heavy atom. The van der Waals surface area contributed by atoms with E-state index in [1.54, 1.807) is 6.92 Å². The van der Waals surface area contributed by atoms with Crippen molar-refractivity contribution in [3.05, 3.63) is 35.6 Å². The Morgan fingerprint density at radius 3 is 2.60 bits per heavy atom. The lowest BCUT2D eigenvalue weighted by atomic mass is 10.2. The van der Waals surface area contributed by atoms with Gasteiger partial charge in [-0.2, -0.15) is 0 Å². The number of benzene rings is 1. The van der Waals surface area contributed by atoms with Gasteiger partial charge in [0.2, 0.25) is 0 Å². The molecule has 0 fully saturated rings. The Hall–Kier alpha value is -1.71. The fourth-order valence-electron chi connectivity index (χ4n) is 1.35. The number of Topliss-reactive ketones (excluding diaryl/α,β-unsaturated/α-hetero) is 1. The standard InChI is InChI=1S/C11H8F2O2/c1-2-9(14)11-4-6-3-7(12)8(13)5-10(6)15-11/h3-5H,2H2,1H3. The van der Waals surface area contributed by atoms with Crippen LogP contribution in [-0.2, 0) is 0 Å². The maximum atomic E-state index is 12.8. The van der Waals surface area contributed by atoms with Gasteiger partial charge in [0.1, 0.15) is 5.58 Å². The smallest absolute Gasteiger partial charge is 0.197 e. The normalized spacial score (nSPS) is 10.9. The van der Waals surface area contributed by atoms with E-state index in [1.807, 2.05) is 0 Å². The molecule has 0 aliphatic carbocycles. The predicted octanol–water partition coefficient (Wildman–Crippen LogP) is 3.30. The Balaban J connectivity index is 2.61. The second kappa shape index (κ2) is 3.46. The van der Waals surface area contributed by atoms with Crippen molar-refractivity contribution >= 4 is 16.8 Å². The second-order valence-electron chi connectivity index (χ2n) is 3.19. The molecule has 4 heteroatoms. The Morgan fingerprint density at radius 2 is 1.93 bits per heavy atom. The molecule has 0 bridgehead atoms. The van der Waals surface area contributed by atoms with Gasteiger partial charge in [-0.1, -0.05) is 6.92 Å². The van der Waals surface area contributed by atoms with Gasteiger partial charge in [0, 0.05) is 17.9 Å². The van der Waals surface area contributed by atoms with Crippen LogP contribution >= 0.6 is 0 Å². The summed E-state index contributed by atoms with van der Waals surface area (Å²) < 4.78 is 30.8. The molecule has 0 aliphatic rings. The number of fused-ring (bicyclic) bond motifs is 1. The largest absolute Gasteiger partial charge is 0.453 e. The van der Waals surface area contributed by atoms with Crippen LogP contribution in [0.25, 0.3) is 11.0 Å². The van der Waals surface area contributed by atoms with Gasteiger partial charge < -0.3 is 4.42 Å². The first-order chi connectivity index (χ1) is 7.11. The minimum atomic E-state index is -0.979. The van der Waals surface area contributed by atoms with E-state index in [4.69, 9.17) is 4.42 Å². The summed E-state index contributed by atoms with van der Waals surface area (Å²) in [6, 6.07) is 3.38. The van der Waals surface area contributed by atoms with Crippen LogP contribution in [0.15, 0.2) is 22.6 Å². The fraction of sp³-hybridized carbons (Fsp3) is 0.182. The van der Waals surface area contributed by atoms with Crippen molar-refractivity contribution in [3.63, 3.8) is 0 Å². The average Bonchev–Trinajstić information content (AvgIpc) is 2.60. The van der Waals surface area contributed by atoms with Crippen LogP contribution in [0.4, 0.5) is 8.78 Å². The summed E-state index contributed by atoms with van der Waals surface area (Å²) in [6.07, 6.45) is 0.296. The summed E-state index contributed by atoms with van der Waals surface area (Å²) in [5.74, 6) is -1.98. The van der Waals surface area contributed by atoms with Gasteiger partial charge in [0.15, 0.2) is 23.2 Å². The van der Waals surface area contributed by atoms with Gasteiger partial charge in [0.05, 0.1) is 0 Å². The third kappa shape index (κ3) is 1.63. The number of ketones is 1. The monoisotopic (exact) mass is 210 g/mol. The SMILES string of the molecule is CCC(=O)c1cc2cc(F)c(F)cc2o1. The van der Waals surface area contributed by atoms with Gasteiger partial charge in [-0.3, -0.25) is 4.79 Å². The molecule has 78 valence electrons. The number of rotatable bonds is 2. The van der Waals surface area contributed by atoms with Crippen LogP contribution in [0.1, 0.15) is 23.9 Å². The first kappa shape index (κ1) is 9.83. The third-order valence-electron chi connectivity index (χ3n) is 2.16. The molecule has 0 N–H and O–H groups in total. The van der Waals surface area contributed by atoms with Crippen molar-refractivity contribution in [1.82, 2.24) is 0 Å². The van der Waals surface area contributed by atoms with E-state index in [9.17, 15) is 13.6 Å². The van der Waals surface area contributed by atoms with E-state index in [0.717, 1.165) is 12.1 Å². The molecule has 0 atom stereocenters. The predicted molar refractivity (Wildman–Crippen MR) is 50.8 cm³/mol. The highest BCUT2D eigenvalue weighted by molar-refractivity contribution is 5.97. The summed E-state index contributed by atoms with van der Waals surface area (Å²) in [4.78, 5) is 11.3. The molecule has 0 saturated carbocycles. The van der Waals surface area contributed by atoms with Crippen molar-refractivity contribution in [2.45, 2.75) is 13.3 Å². The zero-order chi connectivity index (χ0) is 11.0. The van der Waals surface area contributed by atoms with Gasteiger partial charge in [-0.05, 0) is 12.1 Å². The Labute approximate surface area is 84.5 Å². The number of carbonyl (C=O) groups is 1. The quantitative estimate of drug-likeness (QED) is 0.712. The summed E-state index contributed by atoms with van der Waals surface area (Å²) >= 11 is 0. The van der Waals surface area contributed by atoms with Crippen LogP contribution in [0.2, 0.25) is 0 Å². The number of halogens is 2. The van der Waals surface area contributed by atoms with E-state index in [2.05, 4.69) is 0 Å². The third-order valence-corrected chi connectivity index (χ3v) is 2.16. The molecule has 1 aromatic carbocycles. The Kier molecular flexibility index (Phi) is 2.26. The molecule has 2 rings (SSSR count). The molecule has 0 aliphatic heterocycles. The van der Waals surface area contributed by atoms with Crippen molar-refractivity contribution in [1.29, 1.82) is 0 Å². The highest BCUT2D eigenvalue weighted by atomic mass is 19.2. The van der Waals surface area contributed by atoms with E-state index >= 15 is 0 Å². The highest BCUT2D eigenvalue weighted by Crippen LogP contribution is 2.23. The molecule has 2 nitrogen and oxygen atoms in total. The van der Waals surface area contributed by atoms with Crippen LogP contribution in [0.3, 0.4) is 0 Å². The lowest BCUT2D eigenvalue weighted by molar-refractivity contribution is 0.0963. The van der Waals surface area contributed by atoms with Crippen molar-refractivity contribution in [3.8, 4) is 0 Å². The number of furan rings is 1. The summed E-state index contributed by atoms with van der Waals surface area (Å²) in [5, 5.41) is 0.394. The van der Waals surface area contributed by atoms with Crippen LogP contribution in [-0.4, -0.2) is 5.78 Å². The Bertz CT molecular complexity index is 490. The average molecular weight is 210 g/mol. The van der Waals surface area contributed by atoms with E-state index < -0.39 is 11.6 Å². The van der Waals surface area contributed by atoms with Crippen molar-refractivity contribution in [2.75, 3.05) is 0 Å². The summed E-state index contributed by atoms with van der Waals surface area (Å²) in [6.45, 7) is 1.69. The molecular weight excluding hydrogens is 202 g/mol. The topological polar surface area (TPSA) is 30.2 Å². The van der Waals surface area contributed by atoms with Gasteiger partial charge in [-0.25, -0.2) is 8.78 Å². The fourth-order valence-corrected chi connectivity index (χ4v) is 1.35. The first-order valence-electron chi connectivity index (χ1n) is 4.53. The summed E-state index contributed by atoms with van der Waals surface area (Å²) in [5.41, 5.74) is 0.186. The van der Waals surface area contributed by atoms with E-state index in [0.29, 0.717) is 11.8 Å². The second-order valence-corrected chi connectivity index (χ2v) is 3.19. The minimum Gasteiger partial charge on any atom is -0.453 e. The molecule has 2 aromatic rings. The van der Waals surface area contributed by atoms with Gasteiger partial charge in [-0.15, -0.1) is 0 Å². The molecule has 0 unspecified atom stereocenters. The lowest BCUT2D eigenvalue weighted by Gasteiger charge is -1.91. The van der Waals surface area contributed by atoms with Gasteiger partial charge in [0.25, 0.3) is 0 Å². The maximum absolute atomic E-state index is 12.8. The van der Waals surface area contributed by atoms with Crippen LogP contribution in [0, 0.1) is 11.6 Å². The minimum absolute atomic E-state index is 0.137. The molecule has 1 heterocycles. The van der Waals surface area contributed by atoms with Crippen LogP contribution < -0.4 is 0 Å². The lowest BCUT2D eigenvalue weighted by Crippen LogP contribution is -1.92.